The third-order valence-corrected chi connectivity index (χ3v) is 2.99. The molecule has 5 nitrogen and oxygen atoms in total. The first kappa shape index (κ1) is 14.7. The average molecular weight is 284 g/mol. The molecule has 2 aromatic rings. The highest BCUT2D eigenvalue weighted by molar-refractivity contribution is 5.92. The van der Waals surface area contributed by atoms with Gasteiger partial charge in [0.25, 0.3) is 5.91 Å². The molecule has 1 unspecified atom stereocenters. The van der Waals surface area contributed by atoms with Crippen LogP contribution in [0.3, 0.4) is 0 Å². The molecule has 0 heterocycles. The lowest BCUT2D eigenvalue weighted by atomic mass is 10.1. The second-order valence-electron chi connectivity index (χ2n) is 4.64. The molecule has 0 spiro atoms. The number of hydrogen-bond donors (Lipinski definition) is 3. The van der Waals surface area contributed by atoms with Crippen LogP contribution in [-0.4, -0.2) is 16.9 Å². The van der Waals surface area contributed by atoms with Gasteiger partial charge in [-0.2, -0.15) is 0 Å². The van der Waals surface area contributed by atoms with E-state index in [1.807, 2.05) is 30.3 Å². The lowest BCUT2D eigenvalue weighted by molar-refractivity contribution is -0.126. The van der Waals surface area contributed by atoms with Gasteiger partial charge < -0.3 is 16.2 Å². The summed E-state index contributed by atoms with van der Waals surface area (Å²) in [6.45, 7) is 0. The van der Waals surface area contributed by atoms with E-state index in [0.29, 0.717) is 11.3 Å². The van der Waals surface area contributed by atoms with Crippen molar-refractivity contribution in [3.8, 4) is 0 Å². The molecule has 0 fully saturated rings. The molecule has 4 N–H and O–H groups in total. The van der Waals surface area contributed by atoms with Gasteiger partial charge in [0.2, 0.25) is 5.91 Å². The molecule has 0 saturated heterocycles. The molecule has 108 valence electrons. The van der Waals surface area contributed by atoms with Crippen LogP contribution in [0.15, 0.2) is 54.6 Å². The first-order chi connectivity index (χ1) is 10.1. The summed E-state index contributed by atoms with van der Waals surface area (Å²) in [4.78, 5) is 22.7. The first-order valence-corrected chi connectivity index (χ1v) is 6.47. The highest BCUT2D eigenvalue weighted by Crippen LogP contribution is 2.16. The molecule has 0 bridgehead atoms. The lowest BCUT2D eigenvalue weighted by Crippen LogP contribution is -2.20. The summed E-state index contributed by atoms with van der Waals surface area (Å²) in [7, 11) is 0. The molecule has 2 aromatic carbocycles. The Balaban J connectivity index is 1.97. The van der Waals surface area contributed by atoms with Crippen LogP contribution in [0.25, 0.3) is 0 Å². The Morgan fingerprint density at radius 2 is 1.67 bits per heavy atom. The summed E-state index contributed by atoms with van der Waals surface area (Å²) in [5, 5.41) is 12.3. The number of primary amides is 1. The topological polar surface area (TPSA) is 92.4 Å². The Morgan fingerprint density at radius 1 is 1.05 bits per heavy atom. The molecule has 2 amide bonds. The van der Waals surface area contributed by atoms with Gasteiger partial charge in [0.15, 0.2) is 6.10 Å². The minimum Gasteiger partial charge on any atom is -0.378 e. The molecule has 0 aromatic heterocycles. The third-order valence-electron chi connectivity index (χ3n) is 2.99. The zero-order valence-corrected chi connectivity index (χ0v) is 11.3. The number of rotatable bonds is 5. The number of hydrogen-bond acceptors (Lipinski definition) is 3. The number of aliphatic hydroxyl groups excluding tert-OH is 1. The SMILES string of the molecule is NC(=O)C(O)c1ccc(NC(=O)Cc2ccccc2)cc1. The molecule has 0 aliphatic heterocycles. The number of amides is 2. The lowest BCUT2D eigenvalue weighted by Gasteiger charge is -2.09. The van der Waals surface area contributed by atoms with Gasteiger partial charge in [-0.15, -0.1) is 0 Å². The van der Waals surface area contributed by atoms with Gasteiger partial charge in [-0.3, -0.25) is 9.59 Å². The van der Waals surface area contributed by atoms with Crippen molar-refractivity contribution in [1.82, 2.24) is 0 Å². The van der Waals surface area contributed by atoms with Crippen molar-refractivity contribution in [3.63, 3.8) is 0 Å². The maximum Gasteiger partial charge on any atom is 0.250 e. The van der Waals surface area contributed by atoms with E-state index in [9.17, 15) is 14.7 Å². The van der Waals surface area contributed by atoms with E-state index in [-0.39, 0.29) is 12.3 Å². The summed E-state index contributed by atoms with van der Waals surface area (Å²) < 4.78 is 0. The number of carbonyl (C=O) groups excluding carboxylic acids is 2. The van der Waals surface area contributed by atoms with Crippen LogP contribution in [0.4, 0.5) is 5.69 Å². The van der Waals surface area contributed by atoms with Crippen molar-refractivity contribution in [3.05, 3.63) is 65.7 Å². The summed E-state index contributed by atoms with van der Waals surface area (Å²) in [6, 6.07) is 15.7. The maximum atomic E-state index is 11.9. The highest BCUT2D eigenvalue weighted by atomic mass is 16.3. The van der Waals surface area contributed by atoms with Gasteiger partial charge in [-0.1, -0.05) is 42.5 Å². The van der Waals surface area contributed by atoms with E-state index in [0.717, 1.165) is 5.56 Å². The van der Waals surface area contributed by atoms with Crippen LogP contribution in [-0.2, 0) is 16.0 Å². The van der Waals surface area contributed by atoms with Gasteiger partial charge >= 0.3 is 0 Å². The molecule has 0 aliphatic carbocycles. The molecule has 0 radical (unpaired) electrons. The van der Waals surface area contributed by atoms with Gasteiger partial charge in [0.1, 0.15) is 0 Å². The van der Waals surface area contributed by atoms with Crippen LogP contribution in [0.2, 0.25) is 0 Å². The zero-order chi connectivity index (χ0) is 15.2. The Kier molecular flexibility index (Phi) is 4.68. The van der Waals surface area contributed by atoms with Gasteiger partial charge in [-0.25, -0.2) is 0 Å². The molecular formula is C16H16N2O3. The summed E-state index contributed by atoms with van der Waals surface area (Å²) in [5.41, 5.74) is 6.93. The molecule has 0 aliphatic rings. The molecule has 21 heavy (non-hydrogen) atoms. The molecule has 5 heteroatoms. The van der Waals surface area contributed by atoms with Crippen LogP contribution in [0.5, 0.6) is 0 Å². The first-order valence-electron chi connectivity index (χ1n) is 6.47. The summed E-state index contributed by atoms with van der Waals surface area (Å²) >= 11 is 0. The van der Waals surface area contributed by atoms with Crippen LogP contribution in [0.1, 0.15) is 17.2 Å². The third kappa shape index (κ3) is 4.15. The number of benzene rings is 2. The van der Waals surface area contributed by atoms with Crippen molar-refractivity contribution < 1.29 is 14.7 Å². The summed E-state index contributed by atoms with van der Waals surface area (Å²) in [6.07, 6.45) is -1.05. The number of nitrogens with one attached hydrogen (secondary N) is 1. The Bertz CT molecular complexity index is 624. The Labute approximate surface area is 122 Å². The Hall–Kier alpha value is -2.66. The highest BCUT2D eigenvalue weighted by Gasteiger charge is 2.13. The van der Waals surface area contributed by atoms with Crippen molar-refractivity contribution in [1.29, 1.82) is 0 Å². The van der Waals surface area contributed by atoms with E-state index in [1.165, 1.54) is 0 Å². The van der Waals surface area contributed by atoms with Crippen LogP contribution >= 0.6 is 0 Å². The fraction of sp³-hybridized carbons (Fsp3) is 0.125. The van der Waals surface area contributed by atoms with Gasteiger partial charge in [-0.05, 0) is 23.3 Å². The minimum atomic E-state index is -1.33. The quantitative estimate of drug-likeness (QED) is 0.774. The second-order valence-corrected chi connectivity index (χ2v) is 4.64. The smallest absolute Gasteiger partial charge is 0.250 e. The minimum absolute atomic E-state index is 0.135. The second kappa shape index (κ2) is 6.67. The normalized spacial score (nSPS) is 11.7. The predicted octanol–water partition coefficient (Wildman–Crippen LogP) is 1.39. The van der Waals surface area contributed by atoms with E-state index < -0.39 is 12.0 Å². The van der Waals surface area contributed by atoms with E-state index in [1.54, 1.807) is 24.3 Å². The fourth-order valence-corrected chi connectivity index (χ4v) is 1.90. The molecule has 1 atom stereocenters. The van der Waals surface area contributed by atoms with E-state index in [4.69, 9.17) is 5.73 Å². The number of anilines is 1. The van der Waals surface area contributed by atoms with Gasteiger partial charge in [0, 0.05) is 5.69 Å². The molecule has 2 rings (SSSR count). The van der Waals surface area contributed by atoms with Crippen molar-refractivity contribution in [2.45, 2.75) is 12.5 Å². The number of aliphatic hydroxyl groups is 1. The molecule has 0 saturated carbocycles. The van der Waals surface area contributed by atoms with Crippen molar-refractivity contribution in [2.75, 3.05) is 5.32 Å². The predicted molar refractivity (Wildman–Crippen MR) is 79.4 cm³/mol. The van der Waals surface area contributed by atoms with Crippen LogP contribution in [0, 0.1) is 0 Å². The van der Waals surface area contributed by atoms with Crippen molar-refractivity contribution >= 4 is 17.5 Å². The monoisotopic (exact) mass is 284 g/mol. The van der Waals surface area contributed by atoms with Crippen molar-refractivity contribution in [2.24, 2.45) is 5.73 Å². The average Bonchev–Trinajstić information content (AvgIpc) is 2.48. The van der Waals surface area contributed by atoms with Gasteiger partial charge in [0.05, 0.1) is 6.42 Å². The standard InChI is InChI=1S/C16H16N2O3/c17-16(21)15(20)12-6-8-13(9-7-12)18-14(19)10-11-4-2-1-3-5-11/h1-9,15,20H,10H2,(H2,17,21)(H,18,19). The zero-order valence-electron chi connectivity index (χ0n) is 11.3. The molecular weight excluding hydrogens is 268 g/mol. The summed E-state index contributed by atoms with van der Waals surface area (Å²) in [5.74, 6) is -0.944. The largest absolute Gasteiger partial charge is 0.378 e. The Morgan fingerprint density at radius 3 is 2.24 bits per heavy atom. The number of carbonyl (C=O) groups is 2. The fourth-order valence-electron chi connectivity index (χ4n) is 1.90. The number of nitrogens with two attached hydrogens (primary N) is 1. The maximum absolute atomic E-state index is 11.9. The van der Waals surface area contributed by atoms with E-state index >= 15 is 0 Å². The van der Waals surface area contributed by atoms with E-state index in [2.05, 4.69) is 5.32 Å². The van der Waals surface area contributed by atoms with Crippen LogP contribution < -0.4 is 11.1 Å².